The highest BCUT2D eigenvalue weighted by Crippen LogP contribution is 2.10. The smallest absolute Gasteiger partial charge is 0.303 e. The zero-order chi connectivity index (χ0) is 13.5. The molecule has 0 saturated heterocycles. The van der Waals surface area contributed by atoms with Crippen LogP contribution < -0.4 is 5.32 Å². The molecule has 1 rings (SSSR count). The lowest BCUT2D eigenvalue weighted by atomic mass is 10.0. The molecule has 0 aliphatic carbocycles. The van der Waals surface area contributed by atoms with Gasteiger partial charge in [0.25, 0.3) is 0 Å². The highest BCUT2D eigenvalue weighted by molar-refractivity contribution is 5.67. The van der Waals surface area contributed by atoms with Crippen molar-refractivity contribution in [3.8, 4) is 6.07 Å². The summed E-state index contributed by atoms with van der Waals surface area (Å²) in [4.78, 5) is 18.8. The number of hydrogen-bond acceptors (Lipinski definition) is 5. The van der Waals surface area contributed by atoms with Gasteiger partial charge in [0.05, 0.1) is 0 Å². The van der Waals surface area contributed by atoms with Crippen molar-refractivity contribution in [3.63, 3.8) is 0 Å². The van der Waals surface area contributed by atoms with Crippen LogP contribution in [0.2, 0.25) is 0 Å². The van der Waals surface area contributed by atoms with Crippen molar-refractivity contribution < 1.29 is 9.90 Å². The lowest BCUT2D eigenvalue weighted by Crippen LogP contribution is -2.18. The summed E-state index contributed by atoms with van der Waals surface area (Å²) in [5, 5.41) is 20.5. The fraction of sp³-hybridized carbons (Fsp3) is 0.500. The summed E-state index contributed by atoms with van der Waals surface area (Å²) in [5.41, 5.74) is 1.01. The number of aromatic nitrogens is 2. The van der Waals surface area contributed by atoms with Gasteiger partial charge in [-0.3, -0.25) is 4.79 Å². The van der Waals surface area contributed by atoms with Gasteiger partial charge in [0, 0.05) is 18.7 Å². The third-order valence-corrected chi connectivity index (χ3v) is 2.56. The number of aryl methyl sites for hydroxylation is 1. The molecule has 6 heteroatoms. The Hall–Kier alpha value is -2.16. The molecule has 1 heterocycles. The van der Waals surface area contributed by atoms with Crippen LogP contribution in [-0.4, -0.2) is 27.6 Å². The van der Waals surface area contributed by atoms with E-state index in [1.807, 2.05) is 13.0 Å². The van der Waals surface area contributed by atoms with E-state index in [0.29, 0.717) is 23.9 Å². The summed E-state index contributed by atoms with van der Waals surface area (Å²) in [5.74, 6) is -0.418. The summed E-state index contributed by atoms with van der Waals surface area (Å²) in [7, 11) is 0. The van der Waals surface area contributed by atoms with Crippen LogP contribution in [0.15, 0.2) is 6.07 Å². The topological polar surface area (TPSA) is 98.9 Å². The molecule has 18 heavy (non-hydrogen) atoms. The molecule has 0 amide bonds. The Balaban J connectivity index is 2.65. The molecule has 0 aromatic carbocycles. The largest absolute Gasteiger partial charge is 0.481 e. The van der Waals surface area contributed by atoms with Gasteiger partial charge in [-0.05, 0) is 18.9 Å². The molecular formula is C12H16N4O2. The van der Waals surface area contributed by atoms with E-state index in [1.165, 1.54) is 0 Å². The van der Waals surface area contributed by atoms with Crippen LogP contribution in [0, 0.1) is 24.2 Å². The Kier molecular flexibility index (Phi) is 5.06. The summed E-state index contributed by atoms with van der Waals surface area (Å²) in [6.45, 7) is 4.20. The van der Waals surface area contributed by atoms with Crippen LogP contribution >= 0.6 is 0 Å². The predicted octanol–water partition coefficient (Wildman–Crippen LogP) is 1.57. The number of carboxylic acids is 1. The zero-order valence-corrected chi connectivity index (χ0v) is 10.5. The summed E-state index contributed by atoms with van der Waals surface area (Å²) >= 11 is 0. The van der Waals surface area contributed by atoms with E-state index in [9.17, 15) is 4.79 Å². The lowest BCUT2D eigenvalue weighted by molar-refractivity contribution is -0.138. The summed E-state index contributed by atoms with van der Waals surface area (Å²) in [6.07, 6.45) is 0.872. The number of nitrogens with zero attached hydrogens (tertiary/aromatic N) is 3. The van der Waals surface area contributed by atoms with Gasteiger partial charge < -0.3 is 10.4 Å². The van der Waals surface area contributed by atoms with Gasteiger partial charge in [0.1, 0.15) is 11.8 Å². The Morgan fingerprint density at radius 2 is 2.33 bits per heavy atom. The number of carboxylic acid groups (broad SMARTS) is 1. The number of anilines is 1. The van der Waals surface area contributed by atoms with Crippen molar-refractivity contribution in [3.05, 3.63) is 17.5 Å². The van der Waals surface area contributed by atoms with Crippen LogP contribution in [0.1, 0.15) is 31.2 Å². The van der Waals surface area contributed by atoms with Crippen LogP contribution in [0.3, 0.4) is 0 Å². The van der Waals surface area contributed by atoms with Crippen molar-refractivity contribution in [2.45, 2.75) is 26.7 Å². The quantitative estimate of drug-likeness (QED) is 0.792. The number of rotatable bonds is 6. The molecule has 6 nitrogen and oxygen atoms in total. The first-order valence-corrected chi connectivity index (χ1v) is 5.76. The third-order valence-electron chi connectivity index (χ3n) is 2.56. The fourth-order valence-electron chi connectivity index (χ4n) is 1.55. The molecule has 96 valence electrons. The van der Waals surface area contributed by atoms with Gasteiger partial charge in [-0.25, -0.2) is 9.97 Å². The highest BCUT2D eigenvalue weighted by atomic mass is 16.4. The van der Waals surface area contributed by atoms with Gasteiger partial charge in [-0.2, -0.15) is 5.26 Å². The second-order valence-corrected chi connectivity index (χ2v) is 4.08. The maximum absolute atomic E-state index is 10.6. The number of nitrogens with one attached hydrogen (secondary N) is 1. The molecule has 0 aliphatic heterocycles. The maximum atomic E-state index is 10.6. The molecule has 0 aliphatic rings. The summed E-state index contributed by atoms with van der Waals surface area (Å²) < 4.78 is 0. The van der Waals surface area contributed by atoms with Gasteiger partial charge in [0.2, 0.25) is 5.95 Å². The van der Waals surface area contributed by atoms with Gasteiger partial charge in [0.15, 0.2) is 0 Å². The van der Waals surface area contributed by atoms with E-state index in [0.717, 1.165) is 6.42 Å². The minimum Gasteiger partial charge on any atom is -0.481 e. The molecule has 2 N–H and O–H groups in total. The number of aliphatic carboxylic acids is 1. The van der Waals surface area contributed by atoms with Crippen LogP contribution in [-0.2, 0) is 4.79 Å². The third kappa shape index (κ3) is 4.37. The Morgan fingerprint density at radius 1 is 1.61 bits per heavy atom. The number of carbonyl (C=O) groups is 1. The van der Waals surface area contributed by atoms with E-state index in [-0.39, 0.29) is 12.3 Å². The molecule has 0 saturated carbocycles. The average Bonchev–Trinajstić information content (AvgIpc) is 2.33. The van der Waals surface area contributed by atoms with Crippen molar-refractivity contribution in [2.24, 2.45) is 5.92 Å². The molecule has 0 fully saturated rings. The molecule has 1 unspecified atom stereocenters. The molecule has 0 radical (unpaired) electrons. The van der Waals surface area contributed by atoms with E-state index in [1.54, 1.807) is 13.0 Å². The minimum atomic E-state index is -0.813. The SMILES string of the molecule is CCC(CNc1nc(C)cc(C#N)n1)CC(=O)O. The molecule has 1 atom stereocenters. The van der Waals surface area contributed by atoms with Crippen molar-refractivity contribution in [1.29, 1.82) is 5.26 Å². The fourth-order valence-corrected chi connectivity index (χ4v) is 1.55. The Labute approximate surface area is 106 Å². The average molecular weight is 248 g/mol. The van der Waals surface area contributed by atoms with Crippen molar-refractivity contribution in [2.75, 3.05) is 11.9 Å². The second-order valence-electron chi connectivity index (χ2n) is 4.08. The van der Waals surface area contributed by atoms with E-state index >= 15 is 0 Å². The second kappa shape index (κ2) is 6.55. The van der Waals surface area contributed by atoms with Gasteiger partial charge in [-0.1, -0.05) is 13.3 Å². The zero-order valence-electron chi connectivity index (χ0n) is 10.5. The molecule has 0 bridgehead atoms. The lowest BCUT2D eigenvalue weighted by Gasteiger charge is -2.13. The number of nitriles is 1. The van der Waals surface area contributed by atoms with E-state index in [4.69, 9.17) is 10.4 Å². The minimum absolute atomic E-state index is 0.0251. The Morgan fingerprint density at radius 3 is 2.89 bits per heavy atom. The first-order chi connectivity index (χ1) is 8.55. The monoisotopic (exact) mass is 248 g/mol. The van der Waals surface area contributed by atoms with Crippen molar-refractivity contribution >= 4 is 11.9 Å². The van der Waals surface area contributed by atoms with Gasteiger partial charge in [-0.15, -0.1) is 0 Å². The van der Waals surface area contributed by atoms with E-state index in [2.05, 4.69) is 15.3 Å². The predicted molar refractivity (Wildman–Crippen MR) is 66.0 cm³/mol. The molecule has 0 spiro atoms. The standard InChI is InChI=1S/C12H16N4O2/c1-3-9(5-11(17)18)7-14-12-15-8(2)4-10(6-13)16-12/h4,9H,3,5,7H2,1-2H3,(H,17,18)(H,14,15,16). The molecular weight excluding hydrogens is 232 g/mol. The number of hydrogen-bond donors (Lipinski definition) is 2. The summed E-state index contributed by atoms with van der Waals surface area (Å²) in [6, 6.07) is 3.55. The van der Waals surface area contributed by atoms with Crippen molar-refractivity contribution in [1.82, 2.24) is 9.97 Å². The first kappa shape index (κ1) is 13.9. The Bertz CT molecular complexity index is 468. The highest BCUT2D eigenvalue weighted by Gasteiger charge is 2.11. The normalized spacial score (nSPS) is 11.6. The van der Waals surface area contributed by atoms with Crippen LogP contribution in [0.25, 0.3) is 0 Å². The first-order valence-electron chi connectivity index (χ1n) is 5.76. The van der Waals surface area contributed by atoms with Crippen LogP contribution in [0.5, 0.6) is 0 Å². The van der Waals surface area contributed by atoms with Crippen LogP contribution in [0.4, 0.5) is 5.95 Å². The van der Waals surface area contributed by atoms with Gasteiger partial charge >= 0.3 is 5.97 Å². The maximum Gasteiger partial charge on any atom is 0.303 e. The molecule has 1 aromatic heterocycles. The van der Waals surface area contributed by atoms with E-state index < -0.39 is 5.97 Å². The molecule has 1 aromatic rings.